The summed E-state index contributed by atoms with van der Waals surface area (Å²) >= 11 is 1.68. The Kier molecular flexibility index (Phi) is 6.14. The van der Waals surface area contributed by atoms with Crippen molar-refractivity contribution in [1.29, 1.82) is 0 Å². The Hall–Kier alpha value is -2.25. The van der Waals surface area contributed by atoms with Crippen LogP contribution in [0.5, 0.6) is 0 Å². The predicted octanol–water partition coefficient (Wildman–Crippen LogP) is 1.19. The Morgan fingerprint density at radius 2 is 2.32 bits per heavy atom. The number of hydrogen-bond donors (Lipinski definition) is 2. The van der Waals surface area contributed by atoms with E-state index in [0.717, 1.165) is 18.5 Å². The lowest BCUT2D eigenvalue weighted by molar-refractivity contribution is -0.134. The van der Waals surface area contributed by atoms with Crippen LogP contribution in [0.4, 0.5) is 0 Å². The summed E-state index contributed by atoms with van der Waals surface area (Å²) in [7, 11) is 0. The lowest BCUT2D eigenvalue weighted by Gasteiger charge is -2.34. The maximum atomic E-state index is 12.3. The van der Waals surface area contributed by atoms with Crippen molar-refractivity contribution >= 4 is 23.2 Å². The lowest BCUT2D eigenvalue weighted by Crippen LogP contribution is -2.56. The normalized spacial score (nSPS) is 17.9. The molecule has 1 unspecified atom stereocenters. The standard InChI is InChI=1S/C18H22N4O2S/c23-17(20-7-5-15-4-2-10-25-15)11-16-18(24)21-8-9-22(16)13-14-3-1-6-19-12-14/h1-4,6,10,12,16H,5,7-9,11,13H2,(H,20,23)(H,21,24). The van der Waals surface area contributed by atoms with Gasteiger partial charge in [0.25, 0.3) is 0 Å². The third kappa shape index (κ3) is 5.11. The minimum Gasteiger partial charge on any atom is -0.356 e. The van der Waals surface area contributed by atoms with Gasteiger partial charge in [-0.1, -0.05) is 12.1 Å². The number of aromatic nitrogens is 1. The minimum absolute atomic E-state index is 0.0800. The fraction of sp³-hybridized carbons (Fsp3) is 0.389. The molecule has 3 heterocycles. The molecule has 2 amide bonds. The van der Waals surface area contributed by atoms with Crippen molar-refractivity contribution in [3.8, 4) is 0 Å². The van der Waals surface area contributed by atoms with Crippen molar-refractivity contribution in [3.05, 3.63) is 52.5 Å². The van der Waals surface area contributed by atoms with Gasteiger partial charge in [-0.05, 0) is 29.5 Å². The molecule has 0 spiro atoms. The molecule has 7 heteroatoms. The van der Waals surface area contributed by atoms with Crippen LogP contribution in [0.2, 0.25) is 0 Å². The van der Waals surface area contributed by atoms with E-state index >= 15 is 0 Å². The second kappa shape index (κ2) is 8.73. The molecule has 2 N–H and O–H groups in total. The Morgan fingerprint density at radius 3 is 3.08 bits per heavy atom. The van der Waals surface area contributed by atoms with Crippen LogP contribution in [0, 0.1) is 0 Å². The van der Waals surface area contributed by atoms with E-state index < -0.39 is 6.04 Å². The first kappa shape index (κ1) is 17.6. The maximum Gasteiger partial charge on any atom is 0.237 e. The van der Waals surface area contributed by atoms with Crippen molar-refractivity contribution in [1.82, 2.24) is 20.5 Å². The molecule has 0 aromatic carbocycles. The molecule has 132 valence electrons. The number of pyridine rings is 1. The molecule has 0 bridgehead atoms. The van der Waals surface area contributed by atoms with Gasteiger partial charge in [0.1, 0.15) is 0 Å². The molecule has 1 fully saturated rings. The summed E-state index contributed by atoms with van der Waals surface area (Å²) in [5, 5.41) is 7.81. The highest BCUT2D eigenvalue weighted by Gasteiger charge is 2.31. The number of carbonyl (C=O) groups is 2. The summed E-state index contributed by atoms with van der Waals surface area (Å²) in [5.74, 6) is -0.168. The second-order valence-corrected chi connectivity index (χ2v) is 7.05. The highest BCUT2D eigenvalue weighted by molar-refractivity contribution is 7.09. The first-order chi connectivity index (χ1) is 12.2. The van der Waals surface area contributed by atoms with E-state index in [0.29, 0.717) is 19.6 Å². The van der Waals surface area contributed by atoms with Crippen molar-refractivity contribution in [2.75, 3.05) is 19.6 Å². The van der Waals surface area contributed by atoms with Gasteiger partial charge in [-0.2, -0.15) is 0 Å². The number of rotatable bonds is 7. The van der Waals surface area contributed by atoms with Crippen molar-refractivity contribution < 1.29 is 9.59 Å². The van der Waals surface area contributed by atoms with Crippen LogP contribution in [0.1, 0.15) is 16.9 Å². The molecule has 1 aliphatic rings. The lowest BCUT2D eigenvalue weighted by atomic mass is 10.1. The van der Waals surface area contributed by atoms with Gasteiger partial charge in [0.05, 0.1) is 12.5 Å². The quantitative estimate of drug-likeness (QED) is 0.780. The maximum absolute atomic E-state index is 12.3. The summed E-state index contributed by atoms with van der Waals surface area (Å²) in [6, 6.07) is 7.49. The fourth-order valence-corrected chi connectivity index (χ4v) is 3.64. The SMILES string of the molecule is O=C(CC1C(=O)NCCN1Cc1cccnc1)NCCc1cccs1. The van der Waals surface area contributed by atoms with Crippen LogP contribution in [-0.2, 0) is 22.6 Å². The van der Waals surface area contributed by atoms with Gasteiger partial charge in [-0.25, -0.2) is 0 Å². The van der Waals surface area contributed by atoms with Crippen LogP contribution < -0.4 is 10.6 Å². The van der Waals surface area contributed by atoms with Crippen molar-refractivity contribution in [2.24, 2.45) is 0 Å². The molecule has 2 aromatic heterocycles. The average Bonchev–Trinajstić information content (AvgIpc) is 3.12. The molecule has 6 nitrogen and oxygen atoms in total. The third-order valence-electron chi connectivity index (χ3n) is 4.20. The van der Waals surface area contributed by atoms with Crippen LogP contribution in [0.3, 0.4) is 0 Å². The Morgan fingerprint density at radius 1 is 1.40 bits per heavy atom. The molecule has 0 radical (unpaired) electrons. The van der Waals surface area contributed by atoms with Crippen molar-refractivity contribution in [3.63, 3.8) is 0 Å². The Balaban J connectivity index is 1.53. The molecule has 0 saturated carbocycles. The number of thiophene rings is 1. The van der Waals surface area contributed by atoms with E-state index in [1.54, 1.807) is 23.7 Å². The molecule has 0 aliphatic carbocycles. The van der Waals surface area contributed by atoms with Gasteiger partial charge in [0.15, 0.2) is 0 Å². The first-order valence-corrected chi connectivity index (χ1v) is 9.30. The van der Waals surface area contributed by atoms with Crippen molar-refractivity contribution in [2.45, 2.75) is 25.4 Å². The number of piperazine rings is 1. The van der Waals surface area contributed by atoms with E-state index in [9.17, 15) is 9.59 Å². The third-order valence-corrected chi connectivity index (χ3v) is 5.14. The zero-order chi connectivity index (χ0) is 17.5. The first-order valence-electron chi connectivity index (χ1n) is 8.42. The molecule has 1 atom stereocenters. The summed E-state index contributed by atoms with van der Waals surface area (Å²) in [6.07, 6.45) is 4.52. The summed E-state index contributed by atoms with van der Waals surface area (Å²) < 4.78 is 0. The van der Waals surface area contributed by atoms with Crippen LogP contribution >= 0.6 is 11.3 Å². The smallest absolute Gasteiger partial charge is 0.237 e. The van der Waals surface area contributed by atoms with Gasteiger partial charge in [0.2, 0.25) is 11.8 Å². The number of hydrogen-bond acceptors (Lipinski definition) is 5. The minimum atomic E-state index is -0.435. The van der Waals surface area contributed by atoms with Crippen LogP contribution in [0.25, 0.3) is 0 Å². The number of amides is 2. The number of nitrogens with zero attached hydrogens (tertiary/aromatic N) is 2. The molecule has 3 rings (SSSR count). The molecule has 1 saturated heterocycles. The average molecular weight is 358 g/mol. The van der Waals surface area contributed by atoms with E-state index in [1.807, 2.05) is 23.6 Å². The van der Waals surface area contributed by atoms with Gasteiger partial charge in [0, 0.05) is 43.4 Å². The van der Waals surface area contributed by atoms with Gasteiger partial charge >= 0.3 is 0 Å². The van der Waals surface area contributed by atoms with E-state index in [1.165, 1.54) is 4.88 Å². The highest BCUT2D eigenvalue weighted by Crippen LogP contribution is 2.13. The number of carbonyl (C=O) groups excluding carboxylic acids is 2. The van der Waals surface area contributed by atoms with E-state index in [-0.39, 0.29) is 18.2 Å². The zero-order valence-electron chi connectivity index (χ0n) is 14.0. The van der Waals surface area contributed by atoms with E-state index in [2.05, 4.69) is 26.6 Å². The largest absolute Gasteiger partial charge is 0.356 e. The molecular formula is C18H22N4O2S. The Bertz CT molecular complexity index is 690. The molecule has 2 aromatic rings. The summed E-state index contributed by atoms with van der Waals surface area (Å²) in [4.78, 5) is 31.9. The predicted molar refractivity (Wildman–Crippen MR) is 97.1 cm³/mol. The molecular weight excluding hydrogens is 336 g/mol. The molecule has 25 heavy (non-hydrogen) atoms. The highest BCUT2D eigenvalue weighted by atomic mass is 32.1. The fourth-order valence-electron chi connectivity index (χ4n) is 2.93. The van der Waals surface area contributed by atoms with Crippen LogP contribution in [0.15, 0.2) is 42.0 Å². The summed E-state index contributed by atoms with van der Waals surface area (Å²) in [5.41, 5.74) is 1.04. The number of nitrogens with one attached hydrogen (secondary N) is 2. The second-order valence-electron chi connectivity index (χ2n) is 6.02. The van der Waals surface area contributed by atoms with Gasteiger partial charge in [-0.15, -0.1) is 11.3 Å². The monoisotopic (exact) mass is 358 g/mol. The molecule has 1 aliphatic heterocycles. The zero-order valence-corrected chi connectivity index (χ0v) is 14.8. The topological polar surface area (TPSA) is 74.3 Å². The van der Waals surface area contributed by atoms with Crippen LogP contribution in [-0.4, -0.2) is 47.4 Å². The summed E-state index contributed by atoms with van der Waals surface area (Å²) in [6.45, 7) is 2.55. The van der Waals surface area contributed by atoms with E-state index in [4.69, 9.17) is 0 Å². The van der Waals surface area contributed by atoms with Gasteiger partial charge in [-0.3, -0.25) is 19.5 Å². The Labute approximate surface area is 151 Å². The van der Waals surface area contributed by atoms with Gasteiger partial charge < -0.3 is 10.6 Å².